The van der Waals surface area contributed by atoms with E-state index in [0.717, 1.165) is 30.0 Å². The minimum Gasteiger partial charge on any atom is -0.350 e. The van der Waals surface area contributed by atoms with E-state index in [1.165, 1.54) is 11.9 Å². The molecule has 0 aromatic heterocycles. The largest absolute Gasteiger partial charge is 0.350 e. The average molecular weight is 330 g/mol. The summed E-state index contributed by atoms with van der Waals surface area (Å²) >= 11 is 0.900. The second-order valence-corrected chi connectivity index (χ2v) is 6.93. The summed E-state index contributed by atoms with van der Waals surface area (Å²) in [6, 6.07) is 3.08. The molecule has 0 aliphatic heterocycles. The number of halogens is 2. The van der Waals surface area contributed by atoms with Crippen LogP contribution in [-0.4, -0.2) is 41.6 Å². The number of likely N-dealkylation sites (N-methyl/N-ethyl adjacent to an activating group) is 1. The molecule has 1 aromatic rings. The third kappa shape index (κ3) is 6.43. The maximum atomic E-state index is 13.4. The number of benzene rings is 1. The molecule has 0 aliphatic rings. The van der Waals surface area contributed by atoms with Crippen LogP contribution in [0.5, 0.6) is 0 Å². The van der Waals surface area contributed by atoms with Gasteiger partial charge in [-0.05, 0) is 39.0 Å². The van der Waals surface area contributed by atoms with Gasteiger partial charge in [-0.15, -0.1) is 11.8 Å². The molecule has 0 saturated heterocycles. The third-order valence-corrected chi connectivity index (χ3v) is 3.58. The Morgan fingerprint density at radius 1 is 1.27 bits per heavy atom. The van der Waals surface area contributed by atoms with Gasteiger partial charge >= 0.3 is 0 Å². The Morgan fingerprint density at radius 2 is 1.91 bits per heavy atom. The van der Waals surface area contributed by atoms with Crippen LogP contribution in [0.3, 0.4) is 0 Å². The molecule has 7 heteroatoms. The monoisotopic (exact) mass is 330 g/mol. The van der Waals surface area contributed by atoms with Crippen molar-refractivity contribution in [2.45, 2.75) is 31.2 Å². The van der Waals surface area contributed by atoms with Gasteiger partial charge in [0.25, 0.3) is 0 Å². The molecule has 0 heterocycles. The normalized spacial score (nSPS) is 11.2. The van der Waals surface area contributed by atoms with Gasteiger partial charge in [-0.2, -0.15) is 0 Å². The predicted octanol–water partition coefficient (Wildman–Crippen LogP) is 2.43. The first-order valence-corrected chi connectivity index (χ1v) is 7.70. The summed E-state index contributed by atoms with van der Waals surface area (Å²) in [7, 11) is 1.49. The van der Waals surface area contributed by atoms with Crippen molar-refractivity contribution in [3.63, 3.8) is 0 Å². The van der Waals surface area contributed by atoms with E-state index >= 15 is 0 Å². The van der Waals surface area contributed by atoms with Crippen LogP contribution in [0.4, 0.5) is 8.78 Å². The van der Waals surface area contributed by atoms with E-state index in [1.807, 2.05) is 20.8 Å². The molecule has 1 rings (SSSR count). The van der Waals surface area contributed by atoms with Gasteiger partial charge in [-0.1, -0.05) is 0 Å². The Kier molecular flexibility index (Phi) is 6.34. The molecule has 1 aromatic carbocycles. The molecule has 0 fully saturated rings. The van der Waals surface area contributed by atoms with Gasteiger partial charge in [0.05, 0.1) is 12.3 Å². The summed E-state index contributed by atoms with van der Waals surface area (Å²) in [6.45, 7) is 5.45. The Hall–Kier alpha value is -1.63. The minimum absolute atomic E-state index is 0.0698. The zero-order valence-electron chi connectivity index (χ0n) is 13.1. The topological polar surface area (TPSA) is 49.4 Å². The van der Waals surface area contributed by atoms with Crippen LogP contribution in [-0.2, 0) is 9.59 Å². The highest BCUT2D eigenvalue weighted by Gasteiger charge is 2.18. The van der Waals surface area contributed by atoms with E-state index in [2.05, 4.69) is 5.32 Å². The summed E-state index contributed by atoms with van der Waals surface area (Å²) in [5.41, 5.74) is -0.375. The number of carbonyl (C=O) groups is 2. The van der Waals surface area contributed by atoms with Crippen molar-refractivity contribution in [3.8, 4) is 0 Å². The lowest BCUT2D eigenvalue weighted by Crippen LogP contribution is -2.46. The van der Waals surface area contributed by atoms with Crippen molar-refractivity contribution < 1.29 is 18.4 Å². The zero-order valence-corrected chi connectivity index (χ0v) is 13.9. The first kappa shape index (κ1) is 18.4. The number of rotatable bonds is 5. The van der Waals surface area contributed by atoms with Crippen LogP contribution in [0.15, 0.2) is 23.1 Å². The highest BCUT2D eigenvalue weighted by atomic mass is 32.2. The summed E-state index contributed by atoms with van der Waals surface area (Å²) in [5, 5.41) is 2.75. The number of hydrogen-bond acceptors (Lipinski definition) is 3. The summed E-state index contributed by atoms with van der Waals surface area (Å²) in [5.74, 6) is -1.82. The summed E-state index contributed by atoms with van der Waals surface area (Å²) in [4.78, 5) is 25.0. The van der Waals surface area contributed by atoms with Crippen LogP contribution in [0.2, 0.25) is 0 Å². The second kappa shape index (κ2) is 7.58. The fourth-order valence-corrected chi connectivity index (χ4v) is 2.50. The molecule has 1 N–H and O–H groups in total. The van der Waals surface area contributed by atoms with E-state index in [4.69, 9.17) is 0 Å². The van der Waals surface area contributed by atoms with Gasteiger partial charge in [-0.25, -0.2) is 8.78 Å². The average Bonchev–Trinajstić information content (AvgIpc) is 2.37. The minimum atomic E-state index is -0.577. The highest BCUT2D eigenvalue weighted by Crippen LogP contribution is 2.22. The number of nitrogens with zero attached hydrogens (tertiary/aromatic N) is 1. The molecule has 4 nitrogen and oxygen atoms in total. The van der Waals surface area contributed by atoms with E-state index < -0.39 is 11.6 Å². The molecular formula is C15H20F2N2O2S. The van der Waals surface area contributed by atoms with Crippen LogP contribution in [0, 0.1) is 11.6 Å². The van der Waals surface area contributed by atoms with E-state index in [9.17, 15) is 18.4 Å². The SMILES string of the molecule is CN(CC(=O)NC(C)(C)C)C(=O)CSc1cc(F)ccc1F. The van der Waals surface area contributed by atoms with Crippen LogP contribution < -0.4 is 5.32 Å². The molecule has 0 aliphatic carbocycles. The van der Waals surface area contributed by atoms with E-state index in [1.54, 1.807) is 0 Å². The van der Waals surface area contributed by atoms with Crippen molar-refractivity contribution in [2.75, 3.05) is 19.3 Å². The number of carbonyl (C=O) groups excluding carboxylic acids is 2. The molecule has 0 radical (unpaired) electrons. The number of hydrogen-bond donors (Lipinski definition) is 1. The maximum absolute atomic E-state index is 13.4. The second-order valence-electron chi connectivity index (χ2n) is 5.91. The van der Waals surface area contributed by atoms with Crippen molar-refractivity contribution in [2.24, 2.45) is 0 Å². The summed E-state index contributed by atoms with van der Waals surface area (Å²) in [6.07, 6.45) is 0. The lowest BCUT2D eigenvalue weighted by atomic mass is 10.1. The third-order valence-electron chi connectivity index (χ3n) is 2.57. The smallest absolute Gasteiger partial charge is 0.240 e. The van der Waals surface area contributed by atoms with Gasteiger partial charge in [0.15, 0.2) is 0 Å². The molecule has 0 bridgehead atoms. The molecule has 0 atom stereocenters. The lowest BCUT2D eigenvalue weighted by molar-refractivity contribution is -0.133. The standard InChI is InChI=1S/C15H20F2N2O2S/c1-15(2,3)18-13(20)8-19(4)14(21)9-22-12-7-10(16)5-6-11(12)17/h5-7H,8-9H2,1-4H3,(H,18,20). The van der Waals surface area contributed by atoms with Gasteiger partial charge in [0.1, 0.15) is 11.6 Å². The number of amides is 2. The molecular weight excluding hydrogens is 310 g/mol. The lowest BCUT2D eigenvalue weighted by Gasteiger charge is -2.23. The van der Waals surface area contributed by atoms with Gasteiger partial charge in [0.2, 0.25) is 11.8 Å². The Bertz CT molecular complexity index is 559. The fourth-order valence-electron chi connectivity index (χ4n) is 1.60. The number of thioether (sulfide) groups is 1. The molecule has 0 unspecified atom stereocenters. The summed E-state index contributed by atoms with van der Waals surface area (Å²) < 4.78 is 26.5. The Balaban J connectivity index is 2.51. The first-order chi connectivity index (χ1) is 10.1. The van der Waals surface area contributed by atoms with Crippen molar-refractivity contribution in [3.05, 3.63) is 29.8 Å². The molecule has 0 spiro atoms. The molecule has 0 saturated carbocycles. The molecule has 122 valence electrons. The Morgan fingerprint density at radius 3 is 2.50 bits per heavy atom. The Labute approximate surface area is 133 Å². The van der Waals surface area contributed by atoms with Gasteiger partial charge < -0.3 is 10.2 Å². The number of nitrogens with one attached hydrogen (secondary N) is 1. The van der Waals surface area contributed by atoms with E-state index in [-0.39, 0.29) is 34.5 Å². The zero-order chi connectivity index (χ0) is 16.9. The van der Waals surface area contributed by atoms with E-state index in [0.29, 0.717) is 0 Å². The maximum Gasteiger partial charge on any atom is 0.240 e. The van der Waals surface area contributed by atoms with Crippen molar-refractivity contribution in [1.82, 2.24) is 10.2 Å². The van der Waals surface area contributed by atoms with Crippen LogP contribution in [0.25, 0.3) is 0 Å². The van der Waals surface area contributed by atoms with Gasteiger partial charge in [0, 0.05) is 17.5 Å². The quantitative estimate of drug-likeness (QED) is 0.844. The molecule has 22 heavy (non-hydrogen) atoms. The first-order valence-electron chi connectivity index (χ1n) is 6.71. The van der Waals surface area contributed by atoms with Crippen molar-refractivity contribution in [1.29, 1.82) is 0 Å². The molecule has 2 amide bonds. The predicted molar refractivity (Wildman–Crippen MR) is 82.6 cm³/mol. The van der Waals surface area contributed by atoms with Crippen LogP contribution in [0.1, 0.15) is 20.8 Å². The van der Waals surface area contributed by atoms with Crippen molar-refractivity contribution >= 4 is 23.6 Å². The highest BCUT2D eigenvalue weighted by molar-refractivity contribution is 8.00. The van der Waals surface area contributed by atoms with Gasteiger partial charge in [-0.3, -0.25) is 9.59 Å². The fraction of sp³-hybridized carbons (Fsp3) is 0.467. The van der Waals surface area contributed by atoms with Crippen LogP contribution >= 0.6 is 11.8 Å².